The third kappa shape index (κ3) is 3.50. The second-order valence-corrected chi connectivity index (χ2v) is 6.28. The number of hydrogen-bond acceptors (Lipinski definition) is 5. The highest BCUT2D eigenvalue weighted by Crippen LogP contribution is 2.30. The standard InChI is InChI=1S/C16H21NO5/c1-16(2,3)22-15(20)17-6-5-10-7-11(14(19)21-4)8-13(18)12(10)9-17/h7-8,18H,5-6,9H2,1-4H3. The number of ether oxygens (including phenoxy) is 2. The van der Waals surface area contributed by atoms with Crippen LogP contribution < -0.4 is 0 Å². The molecule has 0 unspecified atom stereocenters. The highest BCUT2D eigenvalue weighted by molar-refractivity contribution is 5.90. The van der Waals surface area contributed by atoms with Crippen LogP contribution in [0.3, 0.4) is 0 Å². The Labute approximate surface area is 129 Å². The quantitative estimate of drug-likeness (QED) is 0.807. The first-order valence-corrected chi connectivity index (χ1v) is 7.12. The lowest BCUT2D eigenvalue weighted by atomic mass is 9.96. The van der Waals surface area contributed by atoms with Crippen LogP contribution in [-0.4, -0.2) is 41.3 Å². The minimum atomic E-state index is -0.561. The number of esters is 1. The number of carbonyl (C=O) groups is 2. The first-order valence-electron chi connectivity index (χ1n) is 7.12. The van der Waals surface area contributed by atoms with Gasteiger partial charge in [0, 0.05) is 12.1 Å². The number of carbonyl (C=O) groups excluding carboxylic acids is 2. The second kappa shape index (κ2) is 5.87. The molecule has 0 aliphatic carbocycles. The third-order valence-corrected chi connectivity index (χ3v) is 3.39. The van der Waals surface area contributed by atoms with E-state index in [-0.39, 0.29) is 12.3 Å². The van der Waals surface area contributed by atoms with Crippen LogP contribution in [0.5, 0.6) is 5.75 Å². The van der Waals surface area contributed by atoms with E-state index >= 15 is 0 Å². The van der Waals surface area contributed by atoms with E-state index in [1.165, 1.54) is 13.2 Å². The van der Waals surface area contributed by atoms with Gasteiger partial charge in [-0.05, 0) is 44.9 Å². The van der Waals surface area contributed by atoms with Gasteiger partial charge in [-0.2, -0.15) is 0 Å². The molecule has 2 rings (SSSR count). The molecule has 0 radical (unpaired) electrons. The van der Waals surface area contributed by atoms with Crippen molar-refractivity contribution in [1.82, 2.24) is 4.90 Å². The van der Waals surface area contributed by atoms with Crippen LogP contribution in [0.15, 0.2) is 12.1 Å². The molecule has 22 heavy (non-hydrogen) atoms. The number of hydrogen-bond donors (Lipinski definition) is 1. The maximum absolute atomic E-state index is 12.1. The monoisotopic (exact) mass is 307 g/mol. The number of amides is 1. The average Bonchev–Trinajstić information content (AvgIpc) is 2.44. The predicted octanol–water partition coefficient (Wildman–Crippen LogP) is 2.47. The number of fused-ring (bicyclic) bond motifs is 1. The summed E-state index contributed by atoms with van der Waals surface area (Å²) in [6.07, 6.45) is 0.141. The molecule has 1 aromatic rings. The fraction of sp³-hybridized carbons (Fsp3) is 0.500. The number of benzene rings is 1. The number of aromatic hydroxyl groups is 1. The number of phenolic OH excluding ortho intramolecular Hbond substituents is 1. The summed E-state index contributed by atoms with van der Waals surface area (Å²) in [6.45, 7) is 6.16. The summed E-state index contributed by atoms with van der Waals surface area (Å²) in [6, 6.07) is 3.07. The molecule has 1 heterocycles. The Bertz CT molecular complexity index is 603. The first kappa shape index (κ1) is 16.1. The normalized spacial score (nSPS) is 14.3. The van der Waals surface area contributed by atoms with Crippen LogP contribution in [0.1, 0.15) is 42.3 Å². The van der Waals surface area contributed by atoms with E-state index < -0.39 is 17.7 Å². The van der Waals surface area contributed by atoms with Crippen molar-refractivity contribution in [2.45, 2.75) is 39.3 Å². The Morgan fingerprint density at radius 2 is 1.95 bits per heavy atom. The van der Waals surface area contributed by atoms with Crippen molar-refractivity contribution in [3.05, 3.63) is 28.8 Å². The molecule has 120 valence electrons. The van der Waals surface area contributed by atoms with Gasteiger partial charge in [-0.3, -0.25) is 0 Å². The Balaban J connectivity index is 2.21. The number of rotatable bonds is 1. The van der Waals surface area contributed by atoms with Crippen molar-refractivity contribution in [2.75, 3.05) is 13.7 Å². The molecule has 6 nitrogen and oxygen atoms in total. The SMILES string of the molecule is COC(=O)c1cc(O)c2c(c1)CCN(C(=O)OC(C)(C)C)C2. The van der Waals surface area contributed by atoms with Crippen LogP contribution in [0.25, 0.3) is 0 Å². The zero-order valence-corrected chi connectivity index (χ0v) is 13.3. The Morgan fingerprint density at radius 1 is 1.27 bits per heavy atom. The van der Waals surface area contributed by atoms with Crippen molar-refractivity contribution in [2.24, 2.45) is 0 Å². The lowest BCUT2D eigenvalue weighted by Crippen LogP contribution is -2.40. The maximum Gasteiger partial charge on any atom is 0.410 e. The fourth-order valence-electron chi connectivity index (χ4n) is 2.36. The molecule has 1 aliphatic heterocycles. The average molecular weight is 307 g/mol. The molecule has 6 heteroatoms. The molecular weight excluding hydrogens is 286 g/mol. The highest BCUT2D eigenvalue weighted by Gasteiger charge is 2.28. The Kier molecular flexibility index (Phi) is 4.30. The second-order valence-electron chi connectivity index (χ2n) is 6.28. The molecule has 1 aliphatic rings. The fourth-order valence-corrected chi connectivity index (χ4v) is 2.36. The molecule has 1 aromatic carbocycles. The van der Waals surface area contributed by atoms with Crippen LogP contribution >= 0.6 is 0 Å². The van der Waals surface area contributed by atoms with Crippen molar-refractivity contribution < 1.29 is 24.2 Å². The number of nitrogens with zero attached hydrogens (tertiary/aromatic N) is 1. The molecule has 0 saturated heterocycles. The topological polar surface area (TPSA) is 76.1 Å². The van der Waals surface area contributed by atoms with E-state index in [0.717, 1.165) is 5.56 Å². The van der Waals surface area contributed by atoms with Crippen molar-refractivity contribution in [3.63, 3.8) is 0 Å². The summed E-state index contributed by atoms with van der Waals surface area (Å²) in [7, 11) is 1.29. The summed E-state index contributed by atoms with van der Waals surface area (Å²) in [4.78, 5) is 25.2. The molecular formula is C16H21NO5. The van der Waals surface area contributed by atoms with Gasteiger partial charge >= 0.3 is 12.1 Å². The van der Waals surface area contributed by atoms with Crippen molar-refractivity contribution >= 4 is 12.1 Å². The van der Waals surface area contributed by atoms with Crippen molar-refractivity contribution in [1.29, 1.82) is 0 Å². The van der Waals surface area contributed by atoms with Gasteiger partial charge < -0.3 is 19.5 Å². The van der Waals surface area contributed by atoms with Crippen LogP contribution in [0.2, 0.25) is 0 Å². The van der Waals surface area contributed by atoms with Gasteiger partial charge in [0.15, 0.2) is 0 Å². The zero-order valence-electron chi connectivity index (χ0n) is 13.3. The minimum absolute atomic E-state index is 0.00819. The zero-order chi connectivity index (χ0) is 16.5. The van der Waals surface area contributed by atoms with Gasteiger partial charge in [-0.1, -0.05) is 0 Å². The number of methoxy groups -OCH3 is 1. The molecule has 0 bridgehead atoms. The van der Waals surface area contributed by atoms with Crippen LogP contribution in [0.4, 0.5) is 4.79 Å². The molecule has 0 fully saturated rings. The predicted molar refractivity (Wildman–Crippen MR) is 79.8 cm³/mol. The lowest BCUT2D eigenvalue weighted by molar-refractivity contribution is 0.0222. The largest absolute Gasteiger partial charge is 0.508 e. The van der Waals surface area contributed by atoms with E-state index in [0.29, 0.717) is 24.1 Å². The van der Waals surface area contributed by atoms with Gasteiger partial charge in [0.05, 0.1) is 19.2 Å². The lowest BCUT2D eigenvalue weighted by Gasteiger charge is -2.31. The Hall–Kier alpha value is -2.24. The van der Waals surface area contributed by atoms with Crippen molar-refractivity contribution in [3.8, 4) is 5.75 Å². The van der Waals surface area contributed by atoms with E-state index in [4.69, 9.17) is 4.74 Å². The van der Waals surface area contributed by atoms with Gasteiger partial charge in [0.25, 0.3) is 0 Å². The molecule has 0 spiro atoms. The van der Waals surface area contributed by atoms with E-state index in [1.807, 2.05) is 20.8 Å². The molecule has 1 amide bonds. The van der Waals surface area contributed by atoms with Gasteiger partial charge in [-0.25, -0.2) is 9.59 Å². The van der Waals surface area contributed by atoms with E-state index in [9.17, 15) is 14.7 Å². The number of phenols is 1. The maximum atomic E-state index is 12.1. The molecule has 0 saturated carbocycles. The molecule has 1 N–H and O–H groups in total. The van der Waals surface area contributed by atoms with E-state index in [2.05, 4.69) is 4.74 Å². The highest BCUT2D eigenvalue weighted by atomic mass is 16.6. The minimum Gasteiger partial charge on any atom is -0.508 e. The van der Waals surface area contributed by atoms with Gasteiger partial charge in [0.1, 0.15) is 11.4 Å². The summed E-state index contributed by atoms with van der Waals surface area (Å²) >= 11 is 0. The van der Waals surface area contributed by atoms with Crippen LogP contribution in [-0.2, 0) is 22.4 Å². The van der Waals surface area contributed by atoms with Crippen LogP contribution in [0, 0.1) is 0 Å². The summed E-state index contributed by atoms with van der Waals surface area (Å²) in [5.74, 6) is -0.501. The van der Waals surface area contributed by atoms with Gasteiger partial charge in [0.2, 0.25) is 0 Å². The Morgan fingerprint density at radius 3 is 2.55 bits per heavy atom. The summed E-state index contributed by atoms with van der Waals surface area (Å²) in [5, 5.41) is 10.1. The van der Waals surface area contributed by atoms with E-state index in [1.54, 1.807) is 11.0 Å². The summed E-state index contributed by atoms with van der Waals surface area (Å²) < 4.78 is 10.0. The third-order valence-electron chi connectivity index (χ3n) is 3.39. The molecule has 0 atom stereocenters. The molecule has 0 aromatic heterocycles. The summed E-state index contributed by atoms with van der Waals surface area (Å²) in [5.41, 5.74) is 1.24. The smallest absolute Gasteiger partial charge is 0.410 e. The van der Waals surface area contributed by atoms with Gasteiger partial charge in [-0.15, -0.1) is 0 Å². The first-order chi connectivity index (χ1) is 10.2.